The van der Waals surface area contributed by atoms with Gasteiger partial charge in [-0.25, -0.2) is 4.39 Å². The second kappa shape index (κ2) is 7.41. The highest BCUT2D eigenvalue weighted by Crippen LogP contribution is 2.28. The average molecular weight is 367 g/mol. The molecule has 0 aliphatic carbocycles. The minimum atomic E-state index is -0.542. The fraction of sp³-hybridized carbons (Fsp3) is 0.150. The van der Waals surface area contributed by atoms with Gasteiger partial charge in [-0.05, 0) is 54.8 Å². The van der Waals surface area contributed by atoms with Crippen LogP contribution < -0.4 is 5.73 Å². The number of hydrogen-bond donors (Lipinski definition) is 1. The lowest BCUT2D eigenvalue weighted by molar-refractivity contribution is -0.384. The number of carbonyl (C=O) groups is 1. The second-order valence-corrected chi connectivity index (χ2v) is 6.23. The molecule has 3 aromatic rings. The summed E-state index contributed by atoms with van der Waals surface area (Å²) in [6, 6.07) is 14.1. The lowest BCUT2D eigenvalue weighted by Gasteiger charge is -2.12. The van der Waals surface area contributed by atoms with E-state index in [0.717, 1.165) is 16.8 Å². The molecule has 0 fully saturated rings. The Kier molecular flexibility index (Phi) is 5.03. The fourth-order valence-corrected chi connectivity index (χ4v) is 3.11. The van der Waals surface area contributed by atoms with Gasteiger partial charge in [-0.15, -0.1) is 0 Å². The number of nitro groups is 1. The first kappa shape index (κ1) is 18.3. The van der Waals surface area contributed by atoms with E-state index < -0.39 is 10.8 Å². The predicted octanol–water partition coefficient (Wildman–Crippen LogP) is 3.85. The van der Waals surface area contributed by atoms with Crippen molar-refractivity contribution in [1.29, 1.82) is 0 Å². The molecule has 27 heavy (non-hydrogen) atoms. The number of benzene rings is 2. The zero-order valence-corrected chi connectivity index (χ0v) is 14.7. The summed E-state index contributed by atoms with van der Waals surface area (Å²) in [7, 11) is 0. The normalized spacial score (nSPS) is 10.7. The van der Waals surface area contributed by atoms with Crippen molar-refractivity contribution in [2.45, 2.75) is 19.9 Å². The average Bonchev–Trinajstić information content (AvgIpc) is 2.97. The van der Waals surface area contributed by atoms with Gasteiger partial charge in [-0.2, -0.15) is 0 Å². The lowest BCUT2D eigenvalue weighted by Crippen LogP contribution is -2.13. The van der Waals surface area contributed by atoms with Gasteiger partial charge in [0.2, 0.25) is 0 Å². The van der Waals surface area contributed by atoms with Crippen LogP contribution >= 0.6 is 0 Å². The highest BCUT2D eigenvalue weighted by atomic mass is 19.1. The van der Waals surface area contributed by atoms with Crippen molar-refractivity contribution in [2.24, 2.45) is 5.73 Å². The maximum Gasteiger partial charge on any atom is 0.269 e. The van der Waals surface area contributed by atoms with Crippen molar-refractivity contribution in [1.82, 2.24) is 4.57 Å². The van der Waals surface area contributed by atoms with Crippen LogP contribution in [0.1, 0.15) is 21.6 Å². The summed E-state index contributed by atoms with van der Waals surface area (Å²) in [4.78, 5) is 22.1. The molecule has 2 N–H and O–H groups in total. The molecule has 0 bridgehead atoms. The van der Waals surface area contributed by atoms with Crippen LogP contribution in [0.15, 0.2) is 54.6 Å². The second-order valence-electron chi connectivity index (χ2n) is 6.23. The molecule has 0 saturated heterocycles. The first-order valence-electron chi connectivity index (χ1n) is 8.36. The molecule has 0 aliphatic heterocycles. The number of halogens is 1. The van der Waals surface area contributed by atoms with E-state index >= 15 is 0 Å². The molecule has 3 rings (SSSR count). The van der Waals surface area contributed by atoms with Gasteiger partial charge >= 0.3 is 0 Å². The van der Waals surface area contributed by atoms with E-state index in [-0.39, 0.29) is 11.5 Å². The molecule has 0 unspecified atom stereocenters. The van der Waals surface area contributed by atoms with Crippen LogP contribution in [0.2, 0.25) is 0 Å². The third kappa shape index (κ3) is 3.87. The van der Waals surface area contributed by atoms with E-state index in [9.17, 15) is 19.3 Å². The van der Waals surface area contributed by atoms with Crippen molar-refractivity contribution in [2.75, 3.05) is 0 Å². The van der Waals surface area contributed by atoms with Crippen molar-refractivity contribution in [3.63, 3.8) is 0 Å². The van der Waals surface area contributed by atoms with E-state index in [1.165, 1.54) is 24.3 Å². The number of non-ortho nitro benzene ring substituents is 1. The van der Waals surface area contributed by atoms with Gasteiger partial charge in [0.1, 0.15) is 5.82 Å². The molecule has 0 atom stereocenters. The summed E-state index contributed by atoms with van der Waals surface area (Å²) in [5.41, 5.74) is 8.85. The molecule has 2 aromatic carbocycles. The standard InChI is InChI=1S/C20H18FN3O3/c1-13-18(20(22)25)12-19(15-5-7-17(8-6-15)24(26)27)23(13)10-9-14-3-2-4-16(21)11-14/h2-8,11-12H,9-10H2,1H3,(H2,22,25). The third-order valence-corrected chi connectivity index (χ3v) is 4.52. The fourth-order valence-electron chi connectivity index (χ4n) is 3.11. The Hall–Kier alpha value is -3.48. The van der Waals surface area contributed by atoms with Crippen molar-refractivity contribution in [3.05, 3.63) is 87.3 Å². The Labute approximate surface area is 155 Å². The zero-order chi connectivity index (χ0) is 19.6. The monoisotopic (exact) mass is 367 g/mol. The largest absolute Gasteiger partial charge is 0.366 e. The topological polar surface area (TPSA) is 91.2 Å². The number of carbonyl (C=O) groups excluding carboxylic acids is 1. The molecule has 1 amide bonds. The lowest BCUT2D eigenvalue weighted by atomic mass is 10.1. The van der Waals surface area contributed by atoms with Gasteiger partial charge in [-0.3, -0.25) is 14.9 Å². The van der Waals surface area contributed by atoms with E-state index in [1.807, 2.05) is 10.6 Å². The Bertz CT molecular complexity index is 1010. The van der Waals surface area contributed by atoms with Crippen LogP contribution in [-0.4, -0.2) is 15.4 Å². The Balaban J connectivity index is 1.98. The maximum absolute atomic E-state index is 13.4. The summed E-state index contributed by atoms with van der Waals surface area (Å²) in [6.07, 6.45) is 0.561. The number of primary amides is 1. The molecule has 6 nitrogen and oxygen atoms in total. The first-order valence-corrected chi connectivity index (χ1v) is 8.36. The highest BCUT2D eigenvalue weighted by molar-refractivity contribution is 5.95. The Morgan fingerprint density at radius 3 is 2.48 bits per heavy atom. The van der Waals surface area contributed by atoms with Gasteiger partial charge in [-0.1, -0.05) is 12.1 Å². The third-order valence-electron chi connectivity index (χ3n) is 4.52. The molecule has 1 heterocycles. The quantitative estimate of drug-likeness (QED) is 0.530. The van der Waals surface area contributed by atoms with E-state index in [1.54, 1.807) is 31.2 Å². The number of nitrogens with two attached hydrogens (primary N) is 1. The Morgan fingerprint density at radius 1 is 1.19 bits per heavy atom. The molecule has 7 heteroatoms. The van der Waals surface area contributed by atoms with Gasteiger partial charge in [0.05, 0.1) is 10.5 Å². The minimum absolute atomic E-state index is 0.0107. The molecule has 0 aliphatic rings. The minimum Gasteiger partial charge on any atom is -0.366 e. The summed E-state index contributed by atoms with van der Waals surface area (Å²) < 4.78 is 15.3. The molecule has 0 spiro atoms. The van der Waals surface area contributed by atoms with Crippen LogP contribution in [0, 0.1) is 22.9 Å². The number of nitrogens with zero attached hydrogens (tertiary/aromatic N) is 2. The van der Waals surface area contributed by atoms with Gasteiger partial charge in [0.15, 0.2) is 0 Å². The van der Waals surface area contributed by atoms with E-state index in [2.05, 4.69) is 0 Å². The van der Waals surface area contributed by atoms with Gasteiger partial charge in [0, 0.05) is 30.1 Å². The predicted molar refractivity (Wildman–Crippen MR) is 99.9 cm³/mol. The summed E-state index contributed by atoms with van der Waals surface area (Å²) >= 11 is 0. The van der Waals surface area contributed by atoms with E-state index in [0.29, 0.717) is 24.2 Å². The number of amides is 1. The molecular formula is C20H18FN3O3. The van der Waals surface area contributed by atoms with Crippen LogP contribution in [0.3, 0.4) is 0 Å². The summed E-state index contributed by atoms with van der Waals surface area (Å²) in [5, 5.41) is 10.9. The SMILES string of the molecule is Cc1c(C(N)=O)cc(-c2ccc([N+](=O)[O-])cc2)n1CCc1cccc(F)c1. The van der Waals surface area contributed by atoms with Crippen LogP contribution in [0.4, 0.5) is 10.1 Å². The van der Waals surface area contributed by atoms with Crippen molar-refractivity contribution in [3.8, 4) is 11.3 Å². The zero-order valence-electron chi connectivity index (χ0n) is 14.7. The molecule has 138 valence electrons. The first-order chi connectivity index (χ1) is 12.9. The van der Waals surface area contributed by atoms with E-state index in [4.69, 9.17) is 5.73 Å². The number of rotatable bonds is 6. The maximum atomic E-state index is 13.4. The van der Waals surface area contributed by atoms with Crippen molar-refractivity contribution < 1.29 is 14.1 Å². The Morgan fingerprint density at radius 2 is 1.89 bits per heavy atom. The smallest absolute Gasteiger partial charge is 0.269 e. The molecule has 1 aromatic heterocycles. The van der Waals surface area contributed by atoms with Crippen LogP contribution in [-0.2, 0) is 13.0 Å². The van der Waals surface area contributed by atoms with Crippen LogP contribution in [0.25, 0.3) is 11.3 Å². The number of aryl methyl sites for hydroxylation is 1. The summed E-state index contributed by atoms with van der Waals surface area (Å²) in [5.74, 6) is -0.842. The molecular weight excluding hydrogens is 349 g/mol. The highest BCUT2D eigenvalue weighted by Gasteiger charge is 2.17. The number of aromatic nitrogens is 1. The number of hydrogen-bond acceptors (Lipinski definition) is 3. The van der Waals surface area contributed by atoms with Gasteiger partial charge in [0.25, 0.3) is 11.6 Å². The molecule has 0 saturated carbocycles. The van der Waals surface area contributed by atoms with Crippen molar-refractivity contribution >= 4 is 11.6 Å². The summed E-state index contributed by atoms with van der Waals surface area (Å²) in [6.45, 7) is 2.30. The number of nitro benzene ring substituents is 1. The van der Waals surface area contributed by atoms with Crippen LogP contribution in [0.5, 0.6) is 0 Å². The van der Waals surface area contributed by atoms with Gasteiger partial charge < -0.3 is 10.3 Å². The molecule has 0 radical (unpaired) electrons.